The molecule has 0 aliphatic rings. The quantitative estimate of drug-likeness (QED) is 0.721. The molecule has 1 atom stereocenters. The van der Waals surface area contributed by atoms with Gasteiger partial charge in [-0.05, 0) is 54.6 Å². The van der Waals surface area contributed by atoms with Gasteiger partial charge in [-0.15, -0.1) is 11.3 Å². The summed E-state index contributed by atoms with van der Waals surface area (Å²) in [5.74, 6) is -0.247. The summed E-state index contributed by atoms with van der Waals surface area (Å²) in [6.07, 6.45) is -0.657. The van der Waals surface area contributed by atoms with E-state index in [1.54, 1.807) is 6.07 Å². The van der Waals surface area contributed by atoms with E-state index in [-0.39, 0.29) is 5.82 Å². The fourth-order valence-electron chi connectivity index (χ4n) is 2.38. The molecular weight excluding hydrogens is 271 g/mol. The number of aryl methyl sites for hydroxylation is 2. The van der Waals surface area contributed by atoms with Crippen LogP contribution in [0.25, 0.3) is 10.1 Å². The molecule has 1 nitrogen and oxygen atoms in total. The fourth-order valence-corrected chi connectivity index (χ4v) is 3.43. The Morgan fingerprint density at radius 2 is 1.85 bits per heavy atom. The molecule has 20 heavy (non-hydrogen) atoms. The standard InChI is InChI=1S/C17H15FOS/c1-10-3-4-11(2)14(7-10)17(19)16-9-12-8-13(18)5-6-15(12)20-16/h3-9,17,19H,1-2H3. The molecule has 1 heterocycles. The average molecular weight is 286 g/mol. The zero-order valence-corrected chi connectivity index (χ0v) is 12.2. The van der Waals surface area contributed by atoms with E-state index >= 15 is 0 Å². The molecule has 2 aromatic carbocycles. The van der Waals surface area contributed by atoms with E-state index < -0.39 is 6.10 Å². The molecule has 3 rings (SSSR count). The summed E-state index contributed by atoms with van der Waals surface area (Å²) >= 11 is 1.51. The normalized spacial score (nSPS) is 12.8. The zero-order chi connectivity index (χ0) is 14.3. The Hall–Kier alpha value is -1.71. The monoisotopic (exact) mass is 286 g/mol. The highest BCUT2D eigenvalue weighted by atomic mass is 32.1. The highest BCUT2D eigenvalue weighted by Crippen LogP contribution is 2.34. The average Bonchev–Trinajstić information content (AvgIpc) is 2.83. The summed E-state index contributed by atoms with van der Waals surface area (Å²) in [6, 6.07) is 12.6. The van der Waals surface area contributed by atoms with Gasteiger partial charge in [-0.25, -0.2) is 4.39 Å². The van der Waals surface area contributed by atoms with Gasteiger partial charge in [0.2, 0.25) is 0 Å². The highest BCUT2D eigenvalue weighted by Gasteiger charge is 2.16. The van der Waals surface area contributed by atoms with Crippen LogP contribution in [0, 0.1) is 19.7 Å². The van der Waals surface area contributed by atoms with Gasteiger partial charge in [-0.2, -0.15) is 0 Å². The van der Waals surface area contributed by atoms with E-state index in [1.165, 1.54) is 23.5 Å². The number of hydrogen-bond acceptors (Lipinski definition) is 2. The molecule has 0 saturated heterocycles. The minimum absolute atomic E-state index is 0.247. The molecule has 0 aliphatic heterocycles. The molecule has 3 heteroatoms. The highest BCUT2D eigenvalue weighted by molar-refractivity contribution is 7.19. The second-order valence-electron chi connectivity index (χ2n) is 5.09. The van der Waals surface area contributed by atoms with Crippen molar-refractivity contribution >= 4 is 21.4 Å². The number of aliphatic hydroxyl groups is 1. The van der Waals surface area contributed by atoms with Crippen molar-refractivity contribution in [1.82, 2.24) is 0 Å². The Balaban J connectivity index is 2.07. The number of benzene rings is 2. The zero-order valence-electron chi connectivity index (χ0n) is 11.4. The Morgan fingerprint density at radius 3 is 2.65 bits per heavy atom. The second kappa shape index (κ2) is 5.00. The first-order chi connectivity index (χ1) is 9.54. The summed E-state index contributed by atoms with van der Waals surface area (Å²) in [7, 11) is 0. The Morgan fingerprint density at radius 1 is 1.05 bits per heavy atom. The Kier molecular flexibility index (Phi) is 3.32. The van der Waals surface area contributed by atoms with Crippen molar-refractivity contribution < 1.29 is 9.50 Å². The van der Waals surface area contributed by atoms with Crippen molar-refractivity contribution in [2.75, 3.05) is 0 Å². The molecule has 0 saturated carbocycles. The van der Waals surface area contributed by atoms with Crippen LogP contribution in [0.4, 0.5) is 4.39 Å². The van der Waals surface area contributed by atoms with Crippen LogP contribution in [0.3, 0.4) is 0 Å². The van der Waals surface area contributed by atoms with Crippen LogP contribution >= 0.6 is 11.3 Å². The SMILES string of the molecule is Cc1ccc(C)c(C(O)c2cc3cc(F)ccc3s2)c1. The fraction of sp³-hybridized carbons (Fsp3) is 0.176. The molecule has 102 valence electrons. The van der Waals surface area contributed by atoms with Gasteiger partial charge in [0.25, 0.3) is 0 Å². The van der Waals surface area contributed by atoms with Crippen LogP contribution in [-0.2, 0) is 0 Å². The lowest BCUT2D eigenvalue weighted by molar-refractivity contribution is 0.223. The van der Waals surface area contributed by atoms with Crippen LogP contribution in [0.1, 0.15) is 27.7 Å². The van der Waals surface area contributed by atoms with Crippen molar-refractivity contribution in [2.45, 2.75) is 20.0 Å². The third-order valence-electron chi connectivity index (χ3n) is 3.50. The van der Waals surface area contributed by atoms with Gasteiger partial charge in [0.1, 0.15) is 11.9 Å². The van der Waals surface area contributed by atoms with E-state index in [9.17, 15) is 9.50 Å². The summed E-state index contributed by atoms with van der Waals surface area (Å²) in [5.41, 5.74) is 3.10. The molecule has 0 radical (unpaired) electrons. The Bertz CT molecular complexity index is 776. The number of halogens is 1. The topological polar surface area (TPSA) is 20.2 Å². The molecule has 0 fully saturated rings. The maximum Gasteiger partial charge on any atom is 0.123 e. The van der Waals surface area contributed by atoms with Gasteiger partial charge in [0.05, 0.1) is 0 Å². The van der Waals surface area contributed by atoms with Crippen molar-refractivity contribution in [3.8, 4) is 0 Å². The second-order valence-corrected chi connectivity index (χ2v) is 6.21. The molecule has 0 bridgehead atoms. The predicted molar refractivity (Wildman–Crippen MR) is 81.8 cm³/mol. The Labute approximate surface area is 121 Å². The molecule has 1 N–H and O–H groups in total. The van der Waals surface area contributed by atoms with Crippen molar-refractivity contribution in [1.29, 1.82) is 0 Å². The number of aliphatic hydroxyl groups excluding tert-OH is 1. The van der Waals surface area contributed by atoms with Crippen LogP contribution < -0.4 is 0 Å². The largest absolute Gasteiger partial charge is 0.383 e. The van der Waals surface area contributed by atoms with Gasteiger partial charge in [-0.1, -0.05) is 23.8 Å². The lowest BCUT2D eigenvalue weighted by Gasteiger charge is -2.12. The lowest BCUT2D eigenvalue weighted by Crippen LogP contribution is -2.00. The minimum Gasteiger partial charge on any atom is -0.383 e. The first kappa shape index (κ1) is 13.3. The smallest absolute Gasteiger partial charge is 0.123 e. The number of thiophene rings is 1. The van der Waals surface area contributed by atoms with E-state index in [0.29, 0.717) is 0 Å². The van der Waals surface area contributed by atoms with E-state index in [1.807, 2.05) is 38.1 Å². The predicted octanol–water partition coefficient (Wildman–Crippen LogP) is 4.74. The lowest BCUT2D eigenvalue weighted by atomic mass is 10.00. The van der Waals surface area contributed by atoms with Crippen molar-refractivity contribution in [2.24, 2.45) is 0 Å². The molecular formula is C17H15FOS. The van der Waals surface area contributed by atoms with Crippen molar-refractivity contribution in [3.63, 3.8) is 0 Å². The molecule has 1 aromatic heterocycles. The molecule has 3 aromatic rings. The maximum atomic E-state index is 13.2. The summed E-state index contributed by atoms with van der Waals surface area (Å²) in [5, 5.41) is 11.4. The van der Waals surface area contributed by atoms with Gasteiger partial charge < -0.3 is 5.11 Å². The first-order valence-electron chi connectivity index (χ1n) is 6.49. The molecule has 0 aliphatic carbocycles. The number of rotatable bonds is 2. The van der Waals surface area contributed by atoms with Gasteiger partial charge in [0, 0.05) is 9.58 Å². The van der Waals surface area contributed by atoms with E-state index in [0.717, 1.165) is 31.7 Å². The third kappa shape index (κ3) is 2.35. The van der Waals surface area contributed by atoms with Crippen LogP contribution in [-0.4, -0.2) is 5.11 Å². The van der Waals surface area contributed by atoms with E-state index in [4.69, 9.17) is 0 Å². The minimum atomic E-state index is -0.657. The van der Waals surface area contributed by atoms with E-state index in [2.05, 4.69) is 0 Å². The summed E-state index contributed by atoms with van der Waals surface area (Å²) in [6.45, 7) is 4.00. The third-order valence-corrected chi connectivity index (χ3v) is 4.66. The van der Waals surface area contributed by atoms with Crippen LogP contribution in [0.15, 0.2) is 42.5 Å². The van der Waals surface area contributed by atoms with Crippen molar-refractivity contribution in [3.05, 3.63) is 69.8 Å². The summed E-state index contributed by atoms with van der Waals surface area (Å²) in [4.78, 5) is 0.847. The molecule has 0 spiro atoms. The first-order valence-corrected chi connectivity index (χ1v) is 7.30. The molecule has 1 unspecified atom stereocenters. The van der Waals surface area contributed by atoms with Crippen LogP contribution in [0.5, 0.6) is 0 Å². The molecule has 0 amide bonds. The number of hydrogen-bond donors (Lipinski definition) is 1. The van der Waals surface area contributed by atoms with Gasteiger partial charge in [-0.3, -0.25) is 0 Å². The van der Waals surface area contributed by atoms with Crippen LogP contribution in [0.2, 0.25) is 0 Å². The number of fused-ring (bicyclic) bond motifs is 1. The van der Waals surface area contributed by atoms with Gasteiger partial charge in [0.15, 0.2) is 0 Å². The van der Waals surface area contributed by atoms with Gasteiger partial charge >= 0.3 is 0 Å². The maximum absolute atomic E-state index is 13.2. The summed E-state index contributed by atoms with van der Waals surface area (Å²) < 4.78 is 14.2.